The number of nitrogen functional groups attached to an aromatic ring is 2. The Hall–Kier alpha value is -3.87. The molecule has 0 aliphatic rings. The van der Waals surface area contributed by atoms with Crippen molar-refractivity contribution >= 4 is 28.0 Å². The number of anilines is 3. The Balaban J connectivity index is 1.76. The van der Waals surface area contributed by atoms with Gasteiger partial charge in [0, 0.05) is 25.2 Å². The van der Waals surface area contributed by atoms with E-state index in [0.717, 1.165) is 17.7 Å². The summed E-state index contributed by atoms with van der Waals surface area (Å²) in [6, 6.07) is 15.8. The van der Waals surface area contributed by atoms with Crippen molar-refractivity contribution in [3.8, 4) is 11.3 Å². The lowest BCUT2D eigenvalue weighted by atomic mass is 10.1. The molecule has 0 aliphatic heterocycles. The molecule has 152 valence electrons. The van der Waals surface area contributed by atoms with Crippen molar-refractivity contribution in [1.29, 1.82) is 0 Å². The lowest BCUT2D eigenvalue weighted by Gasteiger charge is -2.21. The van der Waals surface area contributed by atoms with Crippen LogP contribution in [0.1, 0.15) is 5.56 Å². The molecule has 5 nitrogen and oxygen atoms in total. The summed E-state index contributed by atoms with van der Waals surface area (Å²) in [5.41, 5.74) is 12.6. The second-order valence-corrected chi connectivity index (χ2v) is 7.05. The van der Waals surface area contributed by atoms with Crippen molar-refractivity contribution in [1.82, 2.24) is 0 Å². The van der Waals surface area contributed by atoms with Crippen LogP contribution in [0.4, 0.5) is 25.8 Å². The van der Waals surface area contributed by atoms with Gasteiger partial charge in [-0.1, -0.05) is 30.3 Å². The molecule has 0 fully saturated rings. The molecule has 0 amide bonds. The average molecular weight is 407 g/mol. The predicted octanol–water partition coefficient (Wildman–Crippen LogP) is 4.54. The van der Waals surface area contributed by atoms with E-state index in [9.17, 15) is 13.6 Å². The van der Waals surface area contributed by atoms with Crippen LogP contribution in [0.15, 0.2) is 69.9 Å². The first-order valence-corrected chi connectivity index (χ1v) is 9.21. The molecule has 1 aromatic heterocycles. The second kappa shape index (κ2) is 7.51. The molecule has 0 atom stereocenters. The minimum absolute atomic E-state index is 0.000127. The Morgan fingerprint density at radius 2 is 1.63 bits per heavy atom. The van der Waals surface area contributed by atoms with Crippen LogP contribution in [-0.4, -0.2) is 7.05 Å². The number of rotatable bonds is 4. The maximum Gasteiger partial charge on any atom is 0.193 e. The van der Waals surface area contributed by atoms with Crippen LogP contribution in [0, 0.1) is 11.6 Å². The smallest absolute Gasteiger partial charge is 0.193 e. The summed E-state index contributed by atoms with van der Waals surface area (Å²) in [5.74, 6) is -1.54. The van der Waals surface area contributed by atoms with Gasteiger partial charge in [0.2, 0.25) is 0 Å². The van der Waals surface area contributed by atoms with E-state index in [2.05, 4.69) is 0 Å². The molecule has 1 heterocycles. The van der Waals surface area contributed by atoms with Crippen molar-refractivity contribution in [2.24, 2.45) is 0 Å². The summed E-state index contributed by atoms with van der Waals surface area (Å²) in [5, 5.41) is 0.241. The summed E-state index contributed by atoms with van der Waals surface area (Å²) >= 11 is 0. The molecule has 0 bridgehead atoms. The zero-order valence-electron chi connectivity index (χ0n) is 16.2. The topological polar surface area (TPSA) is 85.5 Å². The van der Waals surface area contributed by atoms with Gasteiger partial charge >= 0.3 is 0 Å². The number of hydrogen-bond acceptors (Lipinski definition) is 5. The maximum absolute atomic E-state index is 14.9. The van der Waals surface area contributed by atoms with Gasteiger partial charge in [-0.25, -0.2) is 8.78 Å². The fourth-order valence-electron chi connectivity index (χ4n) is 3.41. The summed E-state index contributed by atoms with van der Waals surface area (Å²) in [6.45, 7) is 0.328. The van der Waals surface area contributed by atoms with E-state index in [4.69, 9.17) is 15.9 Å². The van der Waals surface area contributed by atoms with E-state index in [-0.39, 0.29) is 44.8 Å². The molecular weight excluding hydrogens is 388 g/mol. The highest BCUT2D eigenvalue weighted by Gasteiger charge is 2.18. The van der Waals surface area contributed by atoms with Crippen LogP contribution in [0.2, 0.25) is 0 Å². The summed E-state index contributed by atoms with van der Waals surface area (Å²) in [6.07, 6.45) is 0. The van der Waals surface area contributed by atoms with Gasteiger partial charge < -0.3 is 20.8 Å². The van der Waals surface area contributed by atoms with Gasteiger partial charge in [0.15, 0.2) is 11.0 Å². The van der Waals surface area contributed by atoms with Gasteiger partial charge in [-0.2, -0.15) is 0 Å². The monoisotopic (exact) mass is 407 g/mol. The summed E-state index contributed by atoms with van der Waals surface area (Å²) in [4.78, 5) is 13.9. The minimum atomic E-state index is -0.772. The zero-order chi connectivity index (χ0) is 21.4. The highest BCUT2D eigenvalue weighted by Crippen LogP contribution is 2.33. The third-order valence-corrected chi connectivity index (χ3v) is 4.92. The van der Waals surface area contributed by atoms with Crippen LogP contribution < -0.4 is 21.8 Å². The van der Waals surface area contributed by atoms with Crippen molar-refractivity contribution in [3.05, 3.63) is 88.1 Å². The van der Waals surface area contributed by atoms with E-state index < -0.39 is 11.6 Å². The number of nitrogens with two attached hydrogens (primary N) is 2. The molecular formula is C23H19F2N3O2. The first kappa shape index (κ1) is 19.4. The molecule has 4 N–H and O–H groups in total. The van der Waals surface area contributed by atoms with E-state index in [0.29, 0.717) is 6.54 Å². The first-order chi connectivity index (χ1) is 14.3. The number of nitrogens with zero attached hydrogens (tertiary/aromatic N) is 1. The first-order valence-electron chi connectivity index (χ1n) is 9.21. The Morgan fingerprint density at radius 1 is 0.967 bits per heavy atom. The fourth-order valence-corrected chi connectivity index (χ4v) is 3.41. The van der Waals surface area contributed by atoms with Crippen LogP contribution in [0.3, 0.4) is 0 Å². The molecule has 0 radical (unpaired) electrons. The van der Waals surface area contributed by atoms with Gasteiger partial charge in [-0.3, -0.25) is 4.79 Å². The SMILES string of the molecule is CN(Cc1ccccc1)c1c(F)cc(-c2cc(=O)c3ccc(N)c(N)c3o2)cc1F. The lowest BCUT2D eigenvalue weighted by molar-refractivity contribution is 0.573. The molecule has 4 rings (SSSR count). The molecule has 0 saturated heterocycles. The molecule has 4 aromatic rings. The van der Waals surface area contributed by atoms with Crippen molar-refractivity contribution < 1.29 is 13.2 Å². The van der Waals surface area contributed by atoms with Crippen molar-refractivity contribution in [2.45, 2.75) is 6.54 Å². The molecule has 0 spiro atoms. The number of hydrogen-bond donors (Lipinski definition) is 2. The van der Waals surface area contributed by atoms with E-state index in [1.54, 1.807) is 7.05 Å². The third-order valence-electron chi connectivity index (χ3n) is 4.92. The average Bonchev–Trinajstić information content (AvgIpc) is 2.71. The number of benzene rings is 3. The van der Waals surface area contributed by atoms with Crippen LogP contribution >= 0.6 is 0 Å². The zero-order valence-corrected chi connectivity index (χ0v) is 16.2. The standard InChI is InChI=1S/C23H19F2N3O2/c1-28(12-13-5-3-2-4-6-13)22-16(24)9-14(10-17(22)25)20-11-19(29)15-7-8-18(26)21(27)23(15)30-20/h2-11H,12,26-27H2,1H3. The maximum atomic E-state index is 14.9. The summed E-state index contributed by atoms with van der Waals surface area (Å²) < 4.78 is 35.4. The fraction of sp³-hybridized carbons (Fsp3) is 0.0870. The Morgan fingerprint density at radius 3 is 2.30 bits per heavy atom. The van der Waals surface area contributed by atoms with E-state index in [1.165, 1.54) is 23.1 Å². The van der Waals surface area contributed by atoms with Gasteiger partial charge in [0.05, 0.1) is 16.8 Å². The van der Waals surface area contributed by atoms with Crippen LogP contribution in [0.5, 0.6) is 0 Å². The summed E-state index contributed by atoms with van der Waals surface area (Å²) in [7, 11) is 1.60. The lowest BCUT2D eigenvalue weighted by Crippen LogP contribution is -2.19. The largest absolute Gasteiger partial charge is 0.454 e. The number of halogens is 2. The van der Waals surface area contributed by atoms with Crippen LogP contribution in [-0.2, 0) is 6.54 Å². The highest BCUT2D eigenvalue weighted by molar-refractivity contribution is 5.94. The third kappa shape index (κ3) is 3.45. The van der Waals surface area contributed by atoms with Gasteiger partial charge in [-0.15, -0.1) is 0 Å². The number of fused-ring (bicyclic) bond motifs is 1. The molecule has 0 saturated carbocycles. The quantitative estimate of drug-likeness (QED) is 0.485. The molecule has 30 heavy (non-hydrogen) atoms. The van der Waals surface area contributed by atoms with E-state index >= 15 is 0 Å². The molecule has 7 heteroatoms. The van der Waals surface area contributed by atoms with Crippen molar-refractivity contribution in [2.75, 3.05) is 23.4 Å². The van der Waals surface area contributed by atoms with E-state index in [1.807, 2.05) is 30.3 Å². The second-order valence-electron chi connectivity index (χ2n) is 7.05. The predicted molar refractivity (Wildman–Crippen MR) is 115 cm³/mol. The molecule has 0 unspecified atom stereocenters. The van der Waals surface area contributed by atoms with Gasteiger partial charge in [0.1, 0.15) is 23.1 Å². The minimum Gasteiger partial charge on any atom is -0.454 e. The molecule has 0 aliphatic carbocycles. The Labute approximate surface area is 171 Å². The normalized spacial score (nSPS) is 11.0. The Kier molecular flexibility index (Phi) is 4.87. The van der Waals surface area contributed by atoms with Gasteiger partial charge in [0.25, 0.3) is 0 Å². The Bertz CT molecular complexity index is 1280. The van der Waals surface area contributed by atoms with Crippen molar-refractivity contribution in [3.63, 3.8) is 0 Å². The highest BCUT2D eigenvalue weighted by atomic mass is 19.1. The van der Waals surface area contributed by atoms with Crippen LogP contribution in [0.25, 0.3) is 22.3 Å². The van der Waals surface area contributed by atoms with Gasteiger partial charge in [-0.05, 0) is 29.8 Å². The molecule has 3 aromatic carbocycles.